The second-order valence-electron chi connectivity index (χ2n) is 12.7. The van der Waals surface area contributed by atoms with E-state index in [9.17, 15) is 24.4 Å². The molecule has 1 N–H and O–H groups in total. The van der Waals surface area contributed by atoms with Crippen molar-refractivity contribution in [3.63, 3.8) is 0 Å². The Hall–Kier alpha value is -4.93. The maximum Gasteiger partial charge on any atom is 0.419 e. The number of imide groups is 1. The quantitative estimate of drug-likeness (QED) is 0.262. The van der Waals surface area contributed by atoms with Gasteiger partial charge in [-0.05, 0) is 86.6 Å². The number of carbonyl (C=O) groups is 4. The van der Waals surface area contributed by atoms with Crippen LogP contribution < -0.4 is 10.2 Å². The smallest absolute Gasteiger partial charge is 0.419 e. The van der Waals surface area contributed by atoms with Crippen LogP contribution in [-0.4, -0.2) is 71.1 Å². The number of rotatable bonds is 7. The zero-order chi connectivity index (χ0) is 34.3. The standard InChI is InChI=1S/C31H40FN5O8/c1-29(2,3)43-26(39)36(14-15-37(27(40)44-30(4,5)6)28(41)45-31(7,8)9)24-22(32)17-20(18-33)23(35-24)34-21-13-11-12-19(16-21)25(38)42-10/h11-13,16-17H,14-15H2,1-10H3,(H,34,35). The molecule has 0 saturated heterocycles. The van der Waals surface area contributed by atoms with Gasteiger partial charge < -0.3 is 24.3 Å². The van der Waals surface area contributed by atoms with Crippen molar-refractivity contribution in [1.29, 1.82) is 5.26 Å². The third kappa shape index (κ3) is 11.3. The summed E-state index contributed by atoms with van der Waals surface area (Å²) in [6.07, 6.45) is -3.16. The number of carbonyl (C=O) groups excluding carboxylic acids is 4. The molecule has 244 valence electrons. The van der Waals surface area contributed by atoms with Crippen LogP contribution in [-0.2, 0) is 18.9 Å². The Morgan fingerprint density at radius 2 is 1.40 bits per heavy atom. The first-order valence-corrected chi connectivity index (χ1v) is 13.9. The number of anilines is 3. The summed E-state index contributed by atoms with van der Waals surface area (Å²) in [5, 5.41) is 12.6. The molecule has 0 bridgehead atoms. The van der Waals surface area contributed by atoms with E-state index in [-0.39, 0.29) is 16.9 Å². The summed E-state index contributed by atoms with van der Waals surface area (Å²) in [5.74, 6) is -2.39. The summed E-state index contributed by atoms with van der Waals surface area (Å²) in [6.45, 7) is 13.4. The van der Waals surface area contributed by atoms with Crippen LogP contribution in [0.25, 0.3) is 0 Å². The minimum absolute atomic E-state index is 0.152. The Balaban J connectivity index is 2.59. The summed E-state index contributed by atoms with van der Waals surface area (Å²) in [7, 11) is 1.22. The van der Waals surface area contributed by atoms with Gasteiger partial charge in [-0.1, -0.05) is 6.07 Å². The van der Waals surface area contributed by atoms with E-state index in [0.29, 0.717) is 10.6 Å². The lowest BCUT2D eigenvalue weighted by Gasteiger charge is -2.31. The van der Waals surface area contributed by atoms with E-state index < -0.39 is 65.8 Å². The predicted molar refractivity (Wildman–Crippen MR) is 163 cm³/mol. The molecule has 0 aliphatic carbocycles. The van der Waals surface area contributed by atoms with Gasteiger partial charge in [0.25, 0.3) is 0 Å². The Labute approximate surface area is 262 Å². The fourth-order valence-corrected chi connectivity index (χ4v) is 3.52. The molecule has 45 heavy (non-hydrogen) atoms. The zero-order valence-corrected chi connectivity index (χ0v) is 27.2. The van der Waals surface area contributed by atoms with Gasteiger partial charge in [-0.25, -0.2) is 33.5 Å². The molecule has 0 spiro atoms. The fraction of sp³-hybridized carbons (Fsp3) is 0.484. The molecule has 0 saturated carbocycles. The SMILES string of the molecule is COC(=O)c1cccc(Nc2nc(N(CCN(C(=O)OC(C)(C)C)C(=O)OC(C)(C)C)C(=O)OC(C)(C)C)c(F)cc2C#N)c1. The van der Waals surface area contributed by atoms with Crippen molar-refractivity contribution < 1.29 is 42.5 Å². The van der Waals surface area contributed by atoms with Crippen molar-refractivity contribution in [1.82, 2.24) is 9.88 Å². The van der Waals surface area contributed by atoms with Crippen LogP contribution >= 0.6 is 0 Å². The summed E-state index contributed by atoms with van der Waals surface area (Å²) in [6, 6.07) is 8.78. The van der Waals surface area contributed by atoms with Gasteiger partial charge in [0.15, 0.2) is 17.5 Å². The predicted octanol–water partition coefficient (Wildman–Crippen LogP) is 6.54. The third-order valence-corrected chi connectivity index (χ3v) is 5.27. The average Bonchev–Trinajstić information content (AvgIpc) is 2.88. The molecule has 0 unspecified atom stereocenters. The highest BCUT2D eigenvalue weighted by molar-refractivity contribution is 5.91. The number of halogens is 1. The summed E-state index contributed by atoms with van der Waals surface area (Å²) < 4.78 is 36.5. The average molecular weight is 630 g/mol. The number of amides is 3. The maximum atomic E-state index is 15.6. The molecule has 0 aliphatic rings. The normalized spacial score (nSPS) is 11.5. The van der Waals surface area contributed by atoms with Crippen LogP contribution in [0.2, 0.25) is 0 Å². The first-order chi connectivity index (χ1) is 20.6. The van der Waals surface area contributed by atoms with E-state index in [2.05, 4.69) is 10.3 Å². The van der Waals surface area contributed by atoms with Gasteiger partial charge in [-0.15, -0.1) is 0 Å². The summed E-state index contributed by atoms with van der Waals surface area (Å²) in [4.78, 5) is 57.1. The van der Waals surface area contributed by atoms with Crippen LogP contribution in [0.1, 0.15) is 78.2 Å². The first kappa shape index (κ1) is 36.3. The van der Waals surface area contributed by atoms with Gasteiger partial charge in [0.1, 0.15) is 22.9 Å². The zero-order valence-electron chi connectivity index (χ0n) is 27.2. The highest BCUT2D eigenvalue weighted by atomic mass is 19.1. The van der Waals surface area contributed by atoms with Crippen molar-refractivity contribution >= 4 is 41.6 Å². The van der Waals surface area contributed by atoms with Crippen molar-refractivity contribution in [2.45, 2.75) is 79.1 Å². The monoisotopic (exact) mass is 629 g/mol. The Morgan fingerprint density at radius 1 is 0.867 bits per heavy atom. The minimum Gasteiger partial charge on any atom is -0.465 e. The lowest BCUT2D eigenvalue weighted by molar-refractivity contribution is 0.00150. The molecule has 3 amide bonds. The van der Waals surface area contributed by atoms with E-state index >= 15 is 4.39 Å². The van der Waals surface area contributed by atoms with Crippen LogP contribution in [0.3, 0.4) is 0 Å². The molecule has 0 atom stereocenters. The van der Waals surface area contributed by atoms with E-state index in [0.717, 1.165) is 11.0 Å². The van der Waals surface area contributed by atoms with Gasteiger partial charge in [0.2, 0.25) is 0 Å². The Morgan fingerprint density at radius 3 is 1.89 bits per heavy atom. The molecule has 14 heteroatoms. The van der Waals surface area contributed by atoms with Crippen molar-refractivity contribution in [3.8, 4) is 6.07 Å². The number of hydrogen-bond acceptors (Lipinski definition) is 11. The number of aromatic nitrogens is 1. The molecular formula is C31H40FN5O8. The minimum atomic E-state index is -1.06. The topological polar surface area (TPSA) is 160 Å². The highest BCUT2D eigenvalue weighted by Gasteiger charge is 2.34. The molecule has 1 aromatic heterocycles. The number of methoxy groups -OCH3 is 1. The van der Waals surface area contributed by atoms with Gasteiger partial charge in [0.05, 0.1) is 24.8 Å². The van der Waals surface area contributed by atoms with Gasteiger partial charge in [-0.3, -0.25) is 4.90 Å². The Bertz CT molecular complexity index is 1440. The number of pyridine rings is 1. The summed E-state index contributed by atoms with van der Waals surface area (Å²) >= 11 is 0. The highest BCUT2D eigenvalue weighted by Crippen LogP contribution is 2.28. The number of ether oxygens (including phenoxy) is 4. The molecule has 0 radical (unpaired) electrons. The summed E-state index contributed by atoms with van der Waals surface area (Å²) in [5.41, 5.74) is -2.69. The molecule has 2 aromatic rings. The number of nitrogens with zero attached hydrogens (tertiary/aromatic N) is 4. The van der Waals surface area contributed by atoms with E-state index in [1.165, 1.54) is 19.2 Å². The van der Waals surface area contributed by atoms with Crippen LogP contribution in [0, 0.1) is 17.1 Å². The van der Waals surface area contributed by atoms with Gasteiger partial charge in [-0.2, -0.15) is 5.26 Å². The molecule has 1 aromatic carbocycles. The number of benzene rings is 1. The van der Waals surface area contributed by atoms with Crippen LogP contribution in [0.5, 0.6) is 0 Å². The second kappa shape index (κ2) is 14.2. The maximum absolute atomic E-state index is 15.6. The molecule has 1 heterocycles. The van der Waals surface area contributed by atoms with Crippen molar-refractivity contribution in [2.24, 2.45) is 0 Å². The Kier molecular flexibility index (Phi) is 11.5. The second-order valence-corrected chi connectivity index (χ2v) is 12.7. The third-order valence-electron chi connectivity index (χ3n) is 5.27. The van der Waals surface area contributed by atoms with E-state index in [4.69, 9.17) is 18.9 Å². The van der Waals surface area contributed by atoms with Crippen LogP contribution in [0.15, 0.2) is 30.3 Å². The van der Waals surface area contributed by atoms with Crippen LogP contribution in [0.4, 0.5) is 36.1 Å². The van der Waals surface area contributed by atoms with Gasteiger partial charge in [0, 0.05) is 12.2 Å². The molecule has 2 rings (SSSR count). The number of nitriles is 1. The molecule has 0 aliphatic heterocycles. The molecule has 0 fully saturated rings. The number of hydrogen-bond donors (Lipinski definition) is 1. The first-order valence-electron chi connectivity index (χ1n) is 13.9. The lowest BCUT2D eigenvalue weighted by atomic mass is 10.2. The van der Waals surface area contributed by atoms with Crippen molar-refractivity contribution in [2.75, 3.05) is 30.4 Å². The molecule has 13 nitrogen and oxygen atoms in total. The molecular weight excluding hydrogens is 589 g/mol. The van der Waals surface area contributed by atoms with Crippen molar-refractivity contribution in [3.05, 3.63) is 47.3 Å². The largest absolute Gasteiger partial charge is 0.465 e. The van der Waals surface area contributed by atoms with Gasteiger partial charge >= 0.3 is 24.2 Å². The number of esters is 1. The van der Waals surface area contributed by atoms with E-state index in [1.54, 1.807) is 74.4 Å². The fourth-order valence-electron chi connectivity index (χ4n) is 3.52. The lowest BCUT2D eigenvalue weighted by Crippen LogP contribution is -2.48. The number of nitrogens with one attached hydrogen (secondary N) is 1. The van der Waals surface area contributed by atoms with E-state index in [1.807, 2.05) is 6.07 Å².